The first-order valence-electron chi connectivity index (χ1n) is 14.0. The maximum absolute atomic E-state index is 5.00. The predicted octanol–water partition coefficient (Wildman–Crippen LogP) is 9.70. The van der Waals surface area contributed by atoms with Crippen molar-refractivity contribution in [1.29, 1.82) is 0 Å². The molecule has 0 spiro atoms. The van der Waals surface area contributed by atoms with Crippen LogP contribution in [0.5, 0.6) is 0 Å². The van der Waals surface area contributed by atoms with E-state index < -0.39 is 0 Å². The van der Waals surface area contributed by atoms with Gasteiger partial charge in [-0.1, -0.05) is 92.4 Å². The van der Waals surface area contributed by atoms with Gasteiger partial charge in [0.2, 0.25) is 0 Å². The third-order valence-electron chi connectivity index (χ3n) is 6.97. The summed E-state index contributed by atoms with van der Waals surface area (Å²) in [7, 11) is 0. The van der Waals surface area contributed by atoms with Crippen molar-refractivity contribution in [2.24, 2.45) is 4.99 Å². The van der Waals surface area contributed by atoms with E-state index >= 15 is 0 Å². The molecule has 0 fully saturated rings. The standard InChI is InChI=1S/C37H39N/c1-5-7-9-17-34-20-19-30(27-37(34)35-22-21-31(6-2)28(3)25-35)26-29(4)38-36-18-13-12-16-33(23-24-36)32-14-10-8-11-15-32/h8,10-11,13-15,18-25,27H,5-7,12,16,26H2,1-4H3/b18-13?,33-23+,36-24+,38-29?. The second-order valence-corrected chi connectivity index (χ2v) is 10.0. The molecular formula is C37H39N. The second kappa shape index (κ2) is 13.6. The lowest BCUT2D eigenvalue weighted by molar-refractivity contribution is 0.983. The summed E-state index contributed by atoms with van der Waals surface area (Å²) in [6.07, 6.45) is 14.7. The Labute approximate surface area is 229 Å². The Morgan fingerprint density at radius 3 is 2.53 bits per heavy atom. The van der Waals surface area contributed by atoms with E-state index in [0.717, 1.165) is 55.5 Å². The van der Waals surface area contributed by atoms with E-state index in [1.807, 2.05) is 0 Å². The maximum atomic E-state index is 5.00. The lowest BCUT2D eigenvalue weighted by atomic mass is 9.93. The zero-order valence-corrected chi connectivity index (χ0v) is 23.4. The third-order valence-corrected chi connectivity index (χ3v) is 6.97. The van der Waals surface area contributed by atoms with Gasteiger partial charge in [-0.25, -0.2) is 0 Å². The number of aliphatic imine (C=N–C) groups is 1. The van der Waals surface area contributed by atoms with Gasteiger partial charge < -0.3 is 0 Å². The molecular weight excluding hydrogens is 458 g/mol. The molecule has 1 heteroatoms. The molecule has 1 aliphatic carbocycles. The normalized spacial score (nSPS) is 16.4. The first-order valence-corrected chi connectivity index (χ1v) is 14.0. The van der Waals surface area contributed by atoms with Gasteiger partial charge in [0.25, 0.3) is 0 Å². The SMILES string of the molecule is CCCC#Cc1ccc(CC(C)=N/C2=C/C=C(/c3ccccc3)CCC=C2)cc1-c1ccc(CC)c(C)c1. The minimum atomic E-state index is 0.808. The van der Waals surface area contributed by atoms with Crippen LogP contribution < -0.4 is 0 Å². The molecule has 3 aromatic carbocycles. The Bertz CT molecular complexity index is 1440. The van der Waals surface area contributed by atoms with Crippen molar-refractivity contribution in [3.8, 4) is 23.0 Å². The number of benzene rings is 3. The van der Waals surface area contributed by atoms with Gasteiger partial charge in [-0.15, -0.1) is 0 Å². The topological polar surface area (TPSA) is 12.4 Å². The Kier molecular flexibility index (Phi) is 9.71. The van der Waals surface area contributed by atoms with Gasteiger partial charge in [0.1, 0.15) is 0 Å². The summed E-state index contributed by atoms with van der Waals surface area (Å²) < 4.78 is 0. The fourth-order valence-electron chi connectivity index (χ4n) is 4.88. The van der Waals surface area contributed by atoms with Crippen LogP contribution in [-0.4, -0.2) is 5.71 Å². The van der Waals surface area contributed by atoms with E-state index in [1.54, 1.807) is 0 Å². The summed E-state index contributed by atoms with van der Waals surface area (Å²) in [5, 5.41) is 0. The summed E-state index contributed by atoms with van der Waals surface area (Å²) in [6, 6.07) is 24.2. The zero-order chi connectivity index (χ0) is 26.7. The van der Waals surface area contributed by atoms with Crippen LogP contribution in [0.4, 0.5) is 0 Å². The van der Waals surface area contributed by atoms with Gasteiger partial charge >= 0.3 is 0 Å². The third kappa shape index (κ3) is 7.33. The van der Waals surface area contributed by atoms with Gasteiger partial charge in [0.05, 0.1) is 5.70 Å². The molecule has 4 rings (SSSR count). The van der Waals surface area contributed by atoms with Gasteiger partial charge in [-0.3, -0.25) is 4.99 Å². The van der Waals surface area contributed by atoms with Crippen LogP contribution in [-0.2, 0) is 12.8 Å². The largest absolute Gasteiger partial charge is 0.258 e. The number of nitrogens with zero attached hydrogens (tertiary/aromatic N) is 1. The highest BCUT2D eigenvalue weighted by Gasteiger charge is 2.09. The molecule has 0 amide bonds. The molecule has 1 aliphatic rings. The average molecular weight is 498 g/mol. The van der Waals surface area contributed by atoms with Gasteiger partial charge in [-0.05, 0) is 103 Å². The van der Waals surface area contributed by atoms with Crippen molar-refractivity contribution in [2.75, 3.05) is 0 Å². The smallest absolute Gasteiger partial charge is 0.0625 e. The first kappa shape index (κ1) is 27.2. The van der Waals surface area contributed by atoms with Crippen LogP contribution in [0.25, 0.3) is 16.7 Å². The Morgan fingerprint density at radius 2 is 1.76 bits per heavy atom. The second-order valence-electron chi connectivity index (χ2n) is 10.0. The number of hydrogen-bond acceptors (Lipinski definition) is 1. The molecule has 0 aromatic heterocycles. The fourth-order valence-corrected chi connectivity index (χ4v) is 4.88. The number of aryl methyl sites for hydroxylation is 2. The van der Waals surface area contributed by atoms with Crippen LogP contribution in [0.3, 0.4) is 0 Å². The fraction of sp³-hybridized carbons (Fsp3) is 0.270. The highest BCUT2D eigenvalue weighted by molar-refractivity contribution is 5.86. The average Bonchev–Trinajstić information content (AvgIpc) is 2.91. The maximum Gasteiger partial charge on any atom is 0.0625 e. The molecule has 0 saturated heterocycles. The highest BCUT2D eigenvalue weighted by atomic mass is 14.7. The molecule has 0 aliphatic heterocycles. The lowest BCUT2D eigenvalue weighted by Gasteiger charge is -2.12. The molecule has 0 saturated carbocycles. The minimum absolute atomic E-state index is 0.808. The van der Waals surface area contributed by atoms with E-state index in [9.17, 15) is 0 Å². The van der Waals surface area contributed by atoms with E-state index in [-0.39, 0.29) is 0 Å². The molecule has 0 unspecified atom stereocenters. The Balaban J connectivity index is 1.62. The van der Waals surface area contributed by atoms with E-state index in [2.05, 4.69) is 131 Å². The van der Waals surface area contributed by atoms with E-state index in [1.165, 1.54) is 39.0 Å². The summed E-state index contributed by atoms with van der Waals surface area (Å²) in [6.45, 7) is 8.72. The molecule has 0 bridgehead atoms. The predicted molar refractivity (Wildman–Crippen MR) is 165 cm³/mol. The quantitative estimate of drug-likeness (QED) is 0.227. The Hall–Kier alpha value is -3.89. The summed E-state index contributed by atoms with van der Waals surface area (Å²) in [5.74, 6) is 6.78. The van der Waals surface area contributed by atoms with Crippen molar-refractivity contribution < 1.29 is 0 Å². The molecule has 192 valence electrons. The van der Waals surface area contributed by atoms with Crippen LogP contribution in [0.1, 0.15) is 74.3 Å². The number of hydrogen-bond donors (Lipinski definition) is 0. The lowest BCUT2D eigenvalue weighted by Crippen LogP contribution is -2.00. The van der Waals surface area contributed by atoms with Crippen LogP contribution in [0, 0.1) is 18.8 Å². The van der Waals surface area contributed by atoms with Crippen LogP contribution in [0.2, 0.25) is 0 Å². The summed E-state index contributed by atoms with van der Waals surface area (Å²) in [4.78, 5) is 5.00. The highest BCUT2D eigenvalue weighted by Crippen LogP contribution is 2.28. The molecule has 1 nitrogen and oxygen atoms in total. The van der Waals surface area contributed by atoms with E-state index in [0.29, 0.717) is 0 Å². The monoisotopic (exact) mass is 497 g/mol. The van der Waals surface area contributed by atoms with Gasteiger partial charge in [0.15, 0.2) is 0 Å². The van der Waals surface area contributed by atoms with Crippen LogP contribution >= 0.6 is 0 Å². The zero-order valence-electron chi connectivity index (χ0n) is 23.4. The van der Waals surface area contributed by atoms with Crippen molar-refractivity contribution in [3.63, 3.8) is 0 Å². The first-order chi connectivity index (χ1) is 18.6. The van der Waals surface area contributed by atoms with Crippen molar-refractivity contribution in [3.05, 3.63) is 125 Å². The van der Waals surface area contributed by atoms with E-state index in [4.69, 9.17) is 4.99 Å². The molecule has 0 radical (unpaired) electrons. The minimum Gasteiger partial charge on any atom is -0.258 e. The van der Waals surface area contributed by atoms with Crippen molar-refractivity contribution in [2.45, 2.75) is 66.2 Å². The molecule has 0 atom stereocenters. The molecule has 0 N–H and O–H groups in total. The van der Waals surface area contributed by atoms with Gasteiger partial charge in [0, 0.05) is 24.1 Å². The summed E-state index contributed by atoms with van der Waals surface area (Å²) in [5.41, 5.74) is 12.3. The van der Waals surface area contributed by atoms with Gasteiger partial charge in [-0.2, -0.15) is 0 Å². The number of allylic oxidation sites excluding steroid dienone is 5. The van der Waals surface area contributed by atoms with Crippen LogP contribution in [0.15, 0.2) is 102 Å². The molecule has 38 heavy (non-hydrogen) atoms. The molecule has 0 heterocycles. The number of unbranched alkanes of at least 4 members (excludes halogenated alkanes) is 1. The van der Waals surface area contributed by atoms with Crippen molar-refractivity contribution in [1.82, 2.24) is 0 Å². The molecule has 3 aromatic rings. The summed E-state index contributed by atoms with van der Waals surface area (Å²) >= 11 is 0. The van der Waals surface area contributed by atoms with Crippen molar-refractivity contribution >= 4 is 11.3 Å². The number of rotatable bonds is 7. The Morgan fingerprint density at radius 1 is 0.921 bits per heavy atom.